The van der Waals surface area contributed by atoms with E-state index in [2.05, 4.69) is 0 Å². The van der Waals surface area contributed by atoms with Crippen LogP contribution in [0.4, 0.5) is 0 Å². The number of rotatable bonds is 3. The van der Waals surface area contributed by atoms with Crippen LogP contribution in [0.1, 0.15) is 13.3 Å². The lowest BCUT2D eigenvalue weighted by molar-refractivity contribution is -0.120. The number of nitrogens with one attached hydrogen (secondary N) is 1. The Morgan fingerprint density at radius 3 is 2.35 bits per heavy atom. The van der Waals surface area contributed by atoms with Crippen molar-refractivity contribution in [3.8, 4) is 5.75 Å². The number of sulfonamides is 1. The molecule has 0 saturated heterocycles. The van der Waals surface area contributed by atoms with Gasteiger partial charge in [-0.1, -0.05) is 6.92 Å². The van der Waals surface area contributed by atoms with Crippen molar-refractivity contribution in [2.24, 2.45) is 11.8 Å². The van der Waals surface area contributed by atoms with E-state index in [0.29, 0.717) is 0 Å². The minimum Gasteiger partial charge on any atom is -0.508 e. The summed E-state index contributed by atoms with van der Waals surface area (Å²) in [7, 11) is -3.82. The summed E-state index contributed by atoms with van der Waals surface area (Å²) in [5, 5.41) is 9.06. The average molecular weight is 255 g/mol. The van der Waals surface area contributed by atoms with E-state index in [0.717, 1.165) is 6.42 Å². The van der Waals surface area contributed by atoms with Gasteiger partial charge in [0, 0.05) is 5.92 Å². The van der Waals surface area contributed by atoms with Crippen molar-refractivity contribution in [2.45, 2.75) is 18.2 Å². The summed E-state index contributed by atoms with van der Waals surface area (Å²) < 4.78 is 25.6. The Balaban J connectivity index is 2.13. The Morgan fingerprint density at radius 2 is 1.88 bits per heavy atom. The summed E-state index contributed by atoms with van der Waals surface area (Å²) in [4.78, 5) is 11.5. The van der Waals surface area contributed by atoms with Crippen LogP contribution in [0.15, 0.2) is 29.2 Å². The second-order valence-electron chi connectivity index (χ2n) is 4.28. The number of phenols is 1. The largest absolute Gasteiger partial charge is 0.508 e. The molecule has 2 rings (SSSR count). The predicted octanol–water partition coefficient (Wildman–Crippen LogP) is 0.853. The molecule has 0 aliphatic heterocycles. The maximum absolute atomic E-state index is 11.8. The predicted molar refractivity (Wildman–Crippen MR) is 60.7 cm³/mol. The van der Waals surface area contributed by atoms with Gasteiger partial charge in [-0.3, -0.25) is 4.79 Å². The molecule has 6 heteroatoms. The summed E-state index contributed by atoms with van der Waals surface area (Å²) in [6.45, 7) is 1.90. The van der Waals surface area contributed by atoms with Gasteiger partial charge in [0.25, 0.3) is 10.0 Å². The Kier molecular flexibility index (Phi) is 2.82. The molecule has 1 aromatic rings. The lowest BCUT2D eigenvalue weighted by Crippen LogP contribution is -2.32. The van der Waals surface area contributed by atoms with E-state index >= 15 is 0 Å². The third-order valence-corrected chi connectivity index (χ3v) is 4.19. The van der Waals surface area contributed by atoms with E-state index in [4.69, 9.17) is 5.11 Å². The SMILES string of the molecule is CC1CC1C(=O)NS(=O)(=O)c1ccc(O)cc1. The Hall–Kier alpha value is -1.56. The molecule has 2 atom stereocenters. The van der Waals surface area contributed by atoms with Gasteiger partial charge in [0.2, 0.25) is 5.91 Å². The molecular formula is C11H13NO4S. The fourth-order valence-electron chi connectivity index (χ4n) is 1.58. The van der Waals surface area contributed by atoms with Crippen molar-refractivity contribution in [2.75, 3.05) is 0 Å². The molecule has 0 spiro atoms. The number of benzene rings is 1. The highest BCUT2D eigenvalue weighted by Gasteiger charge is 2.40. The molecule has 1 saturated carbocycles. The average Bonchev–Trinajstić information content (AvgIpc) is 2.95. The monoisotopic (exact) mass is 255 g/mol. The number of carbonyl (C=O) groups is 1. The van der Waals surface area contributed by atoms with E-state index in [1.165, 1.54) is 24.3 Å². The number of amides is 1. The first-order valence-corrected chi connectivity index (χ1v) is 6.74. The highest BCUT2D eigenvalue weighted by atomic mass is 32.2. The molecule has 17 heavy (non-hydrogen) atoms. The summed E-state index contributed by atoms with van der Waals surface area (Å²) in [6, 6.07) is 5.03. The van der Waals surface area contributed by atoms with Gasteiger partial charge in [-0.15, -0.1) is 0 Å². The van der Waals surface area contributed by atoms with Crippen molar-refractivity contribution >= 4 is 15.9 Å². The summed E-state index contributed by atoms with van der Waals surface area (Å²) in [5.74, 6) is -0.413. The second-order valence-corrected chi connectivity index (χ2v) is 5.97. The zero-order chi connectivity index (χ0) is 12.6. The van der Waals surface area contributed by atoms with Crippen molar-refractivity contribution in [3.63, 3.8) is 0 Å². The van der Waals surface area contributed by atoms with Crippen LogP contribution in [0.25, 0.3) is 0 Å². The maximum atomic E-state index is 11.8. The molecule has 0 aromatic heterocycles. The molecule has 5 nitrogen and oxygen atoms in total. The summed E-state index contributed by atoms with van der Waals surface area (Å²) in [5.41, 5.74) is 0. The van der Waals surface area contributed by atoms with Crippen molar-refractivity contribution in [3.05, 3.63) is 24.3 Å². The summed E-state index contributed by atoms with van der Waals surface area (Å²) >= 11 is 0. The van der Waals surface area contributed by atoms with E-state index in [-0.39, 0.29) is 22.5 Å². The quantitative estimate of drug-likeness (QED) is 0.838. The minimum absolute atomic E-state index is 0.0221. The minimum atomic E-state index is -3.82. The van der Waals surface area contributed by atoms with Gasteiger partial charge in [-0.2, -0.15) is 0 Å². The van der Waals surface area contributed by atoms with E-state index in [1.807, 2.05) is 11.6 Å². The Labute approximate surface area is 99.5 Å². The topological polar surface area (TPSA) is 83.5 Å². The van der Waals surface area contributed by atoms with Crippen LogP contribution in [0.3, 0.4) is 0 Å². The highest BCUT2D eigenvalue weighted by Crippen LogP contribution is 2.37. The molecule has 0 heterocycles. The number of aromatic hydroxyl groups is 1. The lowest BCUT2D eigenvalue weighted by Gasteiger charge is -2.06. The fraction of sp³-hybridized carbons (Fsp3) is 0.364. The van der Waals surface area contributed by atoms with Crippen molar-refractivity contribution in [1.29, 1.82) is 0 Å². The van der Waals surface area contributed by atoms with Gasteiger partial charge in [-0.25, -0.2) is 13.1 Å². The van der Waals surface area contributed by atoms with Gasteiger partial charge in [0.1, 0.15) is 5.75 Å². The molecular weight excluding hydrogens is 242 g/mol. The zero-order valence-electron chi connectivity index (χ0n) is 9.25. The Morgan fingerprint density at radius 1 is 1.35 bits per heavy atom. The van der Waals surface area contributed by atoms with Crippen molar-refractivity contribution in [1.82, 2.24) is 4.72 Å². The van der Waals surface area contributed by atoms with E-state index < -0.39 is 15.9 Å². The Bertz CT molecular complexity index is 535. The van der Waals surface area contributed by atoms with Crippen LogP contribution in [0.5, 0.6) is 5.75 Å². The standard InChI is InChI=1S/C11H13NO4S/c1-7-6-10(7)11(14)12-17(15,16)9-4-2-8(13)3-5-9/h2-5,7,10,13H,6H2,1H3,(H,12,14). The van der Waals surface area contributed by atoms with Crippen molar-refractivity contribution < 1.29 is 18.3 Å². The molecule has 1 amide bonds. The molecule has 1 aromatic carbocycles. The van der Waals surface area contributed by atoms with Gasteiger partial charge >= 0.3 is 0 Å². The van der Waals surface area contributed by atoms with Crippen LogP contribution in [0.2, 0.25) is 0 Å². The molecule has 0 radical (unpaired) electrons. The number of hydrogen-bond donors (Lipinski definition) is 2. The van der Waals surface area contributed by atoms with Gasteiger partial charge in [0.15, 0.2) is 0 Å². The molecule has 1 aliphatic rings. The first kappa shape index (κ1) is 11.9. The van der Waals surface area contributed by atoms with Gasteiger partial charge < -0.3 is 5.11 Å². The van der Waals surface area contributed by atoms with Crippen LogP contribution in [-0.2, 0) is 14.8 Å². The third-order valence-electron chi connectivity index (χ3n) is 2.83. The molecule has 2 unspecified atom stereocenters. The van der Waals surface area contributed by atoms with E-state index in [9.17, 15) is 13.2 Å². The molecule has 0 bridgehead atoms. The normalized spacial score (nSPS) is 23.1. The molecule has 1 aliphatic carbocycles. The first-order chi connectivity index (χ1) is 7.90. The smallest absolute Gasteiger partial charge is 0.264 e. The molecule has 2 N–H and O–H groups in total. The lowest BCUT2D eigenvalue weighted by atomic mass is 10.3. The number of hydrogen-bond acceptors (Lipinski definition) is 4. The van der Waals surface area contributed by atoms with Gasteiger partial charge in [0.05, 0.1) is 4.90 Å². The second kappa shape index (κ2) is 4.03. The molecule has 92 valence electrons. The van der Waals surface area contributed by atoms with Crippen LogP contribution in [-0.4, -0.2) is 19.4 Å². The number of phenolic OH excluding ortho intramolecular Hbond substituents is 1. The first-order valence-electron chi connectivity index (χ1n) is 5.26. The summed E-state index contributed by atoms with van der Waals surface area (Å²) in [6.07, 6.45) is 0.733. The fourth-order valence-corrected chi connectivity index (χ4v) is 2.61. The molecule has 1 fully saturated rings. The third kappa shape index (κ3) is 2.58. The van der Waals surface area contributed by atoms with E-state index in [1.54, 1.807) is 0 Å². The highest BCUT2D eigenvalue weighted by molar-refractivity contribution is 7.90. The zero-order valence-corrected chi connectivity index (χ0v) is 10.1. The van der Waals surface area contributed by atoms with Crippen LogP contribution >= 0.6 is 0 Å². The van der Waals surface area contributed by atoms with Gasteiger partial charge in [-0.05, 0) is 36.6 Å². The van der Waals surface area contributed by atoms with Crippen LogP contribution in [0, 0.1) is 11.8 Å². The number of carbonyl (C=O) groups excluding carboxylic acids is 1. The maximum Gasteiger partial charge on any atom is 0.264 e. The van der Waals surface area contributed by atoms with Crippen LogP contribution < -0.4 is 4.72 Å².